The summed E-state index contributed by atoms with van der Waals surface area (Å²) in [4.78, 5) is 21.8. The topological polar surface area (TPSA) is 66.4 Å². The van der Waals surface area contributed by atoms with Crippen LogP contribution in [-0.4, -0.2) is 23.0 Å². The van der Waals surface area contributed by atoms with E-state index in [2.05, 4.69) is 5.32 Å². The molecule has 1 atom stereocenters. The summed E-state index contributed by atoms with van der Waals surface area (Å²) in [6, 6.07) is 5.58. The Morgan fingerprint density at radius 2 is 2.11 bits per heavy atom. The second-order valence-corrected chi connectivity index (χ2v) is 3.86. The number of carboxylic acids is 1. The fourth-order valence-electron chi connectivity index (χ4n) is 1.38. The van der Waals surface area contributed by atoms with Crippen LogP contribution in [0.5, 0.6) is 0 Å². The van der Waals surface area contributed by atoms with Gasteiger partial charge in [0.2, 0.25) is 5.91 Å². The zero-order valence-corrected chi connectivity index (χ0v) is 9.89. The number of rotatable bonds is 5. The lowest BCUT2D eigenvalue weighted by Crippen LogP contribution is -2.32. The maximum absolute atomic E-state index is 13.2. The highest BCUT2D eigenvalue weighted by Gasteiger charge is 2.08. The molecule has 0 aliphatic rings. The molecule has 96 valence electrons. The first-order valence-electron chi connectivity index (χ1n) is 5.44. The molecule has 0 aliphatic carbocycles. The summed E-state index contributed by atoms with van der Waals surface area (Å²) in [6.07, 6.45) is 2.37. The van der Waals surface area contributed by atoms with Crippen molar-refractivity contribution >= 4 is 18.0 Å². The van der Waals surface area contributed by atoms with Gasteiger partial charge in [-0.2, -0.15) is 0 Å². The molecule has 18 heavy (non-hydrogen) atoms. The van der Waals surface area contributed by atoms with E-state index in [1.54, 1.807) is 25.1 Å². The van der Waals surface area contributed by atoms with Crippen molar-refractivity contribution < 1.29 is 19.1 Å². The van der Waals surface area contributed by atoms with Crippen molar-refractivity contribution in [2.45, 2.75) is 19.4 Å². The second-order valence-electron chi connectivity index (χ2n) is 3.86. The quantitative estimate of drug-likeness (QED) is 0.784. The Bertz CT molecular complexity index is 471. The second kappa shape index (κ2) is 6.54. The molecule has 1 amide bonds. The smallest absolute Gasteiger partial charge is 0.305 e. The Hall–Kier alpha value is -2.17. The zero-order chi connectivity index (χ0) is 13.5. The first-order valence-corrected chi connectivity index (χ1v) is 5.44. The van der Waals surface area contributed by atoms with Crippen molar-refractivity contribution in [2.75, 3.05) is 0 Å². The highest BCUT2D eigenvalue weighted by atomic mass is 19.1. The number of benzene rings is 1. The third-order valence-corrected chi connectivity index (χ3v) is 2.19. The minimum Gasteiger partial charge on any atom is -0.481 e. The van der Waals surface area contributed by atoms with Gasteiger partial charge in [-0.25, -0.2) is 4.39 Å². The van der Waals surface area contributed by atoms with Gasteiger partial charge >= 0.3 is 5.97 Å². The molecule has 0 radical (unpaired) electrons. The summed E-state index contributed by atoms with van der Waals surface area (Å²) in [5.74, 6) is -1.85. The normalized spacial score (nSPS) is 12.3. The summed E-state index contributed by atoms with van der Waals surface area (Å²) in [6.45, 7) is 1.59. The van der Waals surface area contributed by atoms with Crippen molar-refractivity contribution in [3.8, 4) is 0 Å². The van der Waals surface area contributed by atoms with Crippen LogP contribution in [0.1, 0.15) is 18.9 Å². The minimum absolute atomic E-state index is 0.153. The number of carbonyl (C=O) groups is 2. The molecule has 0 saturated heterocycles. The third kappa shape index (κ3) is 4.78. The number of aliphatic carboxylic acids is 1. The lowest BCUT2D eigenvalue weighted by molar-refractivity contribution is -0.137. The van der Waals surface area contributed by atoms with Gasteiger partial charge in [0, 0.05) is 17.7 Å². The number of nitrogens with one attached hydrogen (secondary N) is 1. The number of hydrogen-bond donors (Lipinski definition) is 2. The highest BCUT2D eigenvalue weighted by Crippen LogP contribution is 2.07. The Balaban J connectivity index is 2.55. The van der Waals surface area contributed by atoms with Crippen LogP contribution < -0.4 is 5.32 Å². The van der Waals surface area contributed by atoms with Gasteiger partial charge in [-0.3, -0.25) is 9.59 Å². The molecule has 2 N–H and O–H groups in total. The Kier molecular flexibility index (Phi) is 5.05. The monoisotopic (exact) mass is 251 g/mol. The van der Waals surface area contributed by atoms with Gasteiger partial charge in [-0.1, -0.05) is 18.2 Å². The van der Waals surface area contributed by atoms with Crippen LogP contribution in [-0.2, 0) is 9.59 Å². The summed E-state index contributed by atoms with van der Waals surface area (Å²) >= 11 is 0. The molecule has 1 unspecified atom stereocenters. The zero-order valence-electron chi connectivity index (χ0n) is 9.89. The number of hydrogen-bond acceptors (Lipinski definition) is 2. The fourth-order valence-corrected chi connectivity index (χ4v) is 1.38. The molecular formula is C13H14FNO3. The van der Waals surface area contributed by atoms with Crippen molar-refractivity contribution in [3.63, 3.8) is 0 Å². The molecule has 4 nitrogen and oxygen atoms in total. The Morgan fingerprint density at radius 1 is 1.44 bits per heavy atom. The van der Waals surface area contributed by atoms with Crippen LogP contribution in [0.25, 0.3) is 6.08 Å². The molecule has 0 aromatic heterocycles. The van der Waals surface area contributed by atoms with Crippen LogP contribution in [0.4, 0.5) is 4.39 Å². The van der Waals surface area contributed by atoms with E-state index in [-0.39, 0.29) is 6.42 Å². The van der Waals surface area contributed by atoms with Crippen LogP contribution in [0.2, 0.25) is 0 Å². The van der Waals surface area contributed by atoms with E-state index in [0.29, 0.717) is 5.56 Å². The summed E-state index contributed by atoms with van der Waals surface area (Å²) in [5, 5.41) is 11.0. The summed E-state index contributed by atoms with van der Waals surface area (Å²) in [5.41, 5.74) is 0.304. The largest absolute Gasteiger partial charge is 0.481 e. The lowest BCUT2D eigenvalue weighted by atomic mass is 10.2. The molecule has 0 fully saturated rings. The molecular weight excluding hydrogens is 237 g/mol. The molecule has 0 aliphatic heterocycles. The van der Waals surface area contributed by atoms with E-state index in [9.17, 15) is 14.0 Å². The highest BCUT2D eigenvalue weighted by molar-refractivity contribution is 5.92. The number of carboxylic acid groups (broad SMARTS) is 1. The molecule has 1 aromatic rings. The van der Waals surface area contributed by atoms with Crippen LogP contribution in [0.3, 0.4) is 0 Å². The SMILES string of the molecule is CC(CC(=O)O)NC(=O)/C=C/c1ccccc1F. The average molecular weight is 251 g/mol. The number of amides is 1. The molecule has 0 heterocycles. The predicted molar refractivity (Wildman–Crippen MR) is 65.3 cm³/mol. The van der Waals surface area contributed by atoms with Crippen LogP contribution in [0.15, 0.2) is 30.3 Å². The molecule has 5 heteroatoms. The van der Waals surface area contributed by atoms with Crippen LogP contribution >= 0.6 is 0 Å². The maximum Gasteiger partial charge on any atom is 0.305 e. The molecule has 0 bridgehead atoms. The van der Waals surface area contributed by atoms with Gasteiger partial charge < -0.3 is 10.4 Å². The predicted octanol–water partition coefficient (Wildman–Crippen LogP) is 1.82. The molecule has 1 aromatic carbocycles. The number of carbonyl (C=O) groups excluding carboxylic acids is 1. The minimum atomic E-state index is -0.985. The van der Waals surface area contributed by atoms with E-state index < -0.39 is 23.7 Å². The maximum atomic E-state index is 13.2. The van der Waals surface area contributed by atoms with E-state index in [0.717, 1.165) is 0 Å². The average Bonchev–Trinajstić information content (AvgIpc) is 2.26. The Morgan fingerprint density at radius 3 is 2.72 bits per heavy atom. The van der Waals surface area contributed by atoms with Crippen LogP contribution in [0, 0.1) is 5.82 Å². The van der Waals surface area contributed by atoms with Gasteiger partial charge in [-0.15, -0.1) is 0 Å². The van der Waals surface area contributed by atoms with Crippen molar-refractivity contribution in [3.05, 3.63) is 41.7 Å². The van der Waals surface area contributed by atoms with E-state index >= 15 is 0 Å². The lowest BCUT2D eigenvalue weighted by Gasteiger charge is -2.08. The van der Waals surface area contributed by atoms with Gasteiger partial charge in [0.1, 0.15) is 5.82 Å². The first kappa shape index (κ1) is 13.9. The standard InChI is InChI=1S/C13H14FNO3/c1-9(8-13(17)18)15-12(16)7-6-10-4-2-3-5-11(10)14/h2-7,9H,8H2,1H3,(H,15,16)(H,17,18)/b7-6+. The van der Waals surface area contributed by atoms with E-state index in [1.807, 2.05) is 0 Å². The van der Waals surface area contributed by atoms with E-state index in [1.165, 1.54) is 18.2 Å². The fraction of sp³-hybridized carbons (Fsp3) is 0.231. The van der Waals surface area contributed by atoms with Gasteiger partial charge in [0.25, 0.3) is 0 Å². The van der Waals surface area contributed by atoms with Gasteiger partial charge in [0.05, 0.1) is 6.42 Å². The first-order chi connectivity index (χ1) is 8.49. The van der Waals surface area contributed by atoms with Crippen molar-refractivity contribution in [1.82, 2.24) is 5.32 Å². The van der Waals surface area contributed by atoms with E-state index in [4.69, 9.17) is 5.11 Å². The third-order valence-electron chi connectivity index (χ3n) is 2.19. The molecule has 1 rings (SSSR count). The number of halogens is 1. The summed E-state index contributed by atoms with van der Waals surface area (Å²) < 4.78 is 13.2. The van der Waals surface area contributed by atoms with Crippen molar-refractivity contribution in [2.24, 2.45) is 0 Å². The molecule has 0 saturated carbocycles. The van der Waals surface area contributed by atoms with Gasteiger partial charge in [-0.05, 0) is 19.1 Å². The van der Waals surface area contributed by atoms with Gasteiger partial charge in [0.15, 0.2) is 0 Å². The van der Waals surface area contributed by atoms with Crippen molar-refractivity contribution in [1.29, 1.82) is 0 Å². The summed E-state index contributed by atoms with van der Waals surface area (Å²) in [7, 11) is 0. The molecule has 0 spiro atoms. The Labute approximate surface area is 104 Å².